The Bertz CT molecular complexity index is 640. The van der Waals surface area contributed by atoms with Crippen LogP contribution >= 0.6 is 0 Å². The van der Waals surface area contributed by atoms with Gasteiger partial charge in [-0.15, -0.1) is 0 Å². The highest BCUT2D eigenvalue weighted by molar-refractivity contribution is 7.93. The molecule has 2 N–H and O–H groups in total. The van der Waals surface area contributed by atoms with Gasteiger partial charge in [-0.05, 0) is 32.0 Å². The van der Waals surface area contributed by atoms with Gasteiger partial charge in [-0.25, -0.2) is 8.42 Å². The van der Waals surface area contributed by atoms with Crippen LogP contribution in [0.4, 0.5) is 24.5 Å². The average molecular weight is 324 g/mol. The van der Waals surface area contributed by atoms with Gasteiger partial charge in [-0.3, -0.25) is 9.52 Å². The van der Waals surface area contributed by atoms with Crippen molar-refractivity contribution in [3.8, 4) is 0 Å². The van der Waals surface area contributed by atoms with E-state index in [1.165, 1.54) is 19.9 Å². The monoisotopic (exact) mass is 324 g/mol. The van der Waals surface area contributed by atoms with Crippen LogP contribution in [0.15, 0.2) is 18.2 Å². The number of alkyl halides is 3. The van der Waals surface area contributed by atoms with Gasteiger partial charge < -0.3 is 5.32 Å². The standard InChI is InChI=1S/C12H15F3N2O3S/c1-7(2)21(19,20)17-11-5-4-9(16-8(3)18)6-10(11)12(13,14)15/h4-7,17H,1-3H3,(H,16,18). The van der Waals surface area contributed by atoms with Gasteiger partial charge in [-0.2, -0.15) is 13.2 Å². The van der Waals surface area contributed by atoms with Crippen molar-refractivity contribution in [3.63, 3.8) is 0 Å². The van der Waals surface area contributed by atoms with Crippen molar-refractivity contribution in [2.45, 2.75) is 32.2 Å². The summed E-state index contributed by atoms with van der Waals surface area (Å²) in [7, 11) is -3.91. The lowest BCUT2D eigenvalue weighted by atomic mass is 10.1. The third-order valence-electron chi connectivity index (χ3n) is 2.52. The van der Waals surface area contributed by atoms with Gasteiger partial charge in [0.1, 0.15) is 0 Å². The molecule has 0 aliphatic heterocycles. The first-order chi connectivity index (χ1) is 9.43. The molecule has 0 saturated carbocycles. The fourth-order valence-electron chi connectivity index (χ4n) is 1.42. The summed E-state index contributed by atoms with van der Waals surface area (Å²) in [5, 5.41) is 1.33. The van der Waals surface area contributed by atoms with Gasteiger partial charge in [0.2, 0.25) is 15.9 Å². The molecule has 1 amide bonds. The molecule has 0 saturated heterocycles. The first kappa shape index (κ1) is 17.3. The summed E-state index contributed by atoms with van der Waals surface area (Å²) < 4.78 is 64.3. The Morgan fingerprint density at radius 2 is 1.81 bits per heavy atom. The van der Waals surface area contributed by atoms with Crippen molar-refractivity contribution in [2.75, 3.05) is 10.0 Å². The number of hydrogen-bond donors (Lipinski definition) is 2. The molecule has 0 aliphatic rings. The van der Waals surface area contributed by atoms with Crippen LogP contribution in [0.1, 0.15) is 26.3 Å². The highest BCUT2D eigenvalue weighted by Gasteiger charge is 2.35. The van der Waals surface area contributed by atoms with E-state index in [0.717, 1.165) is 13.0 Å². The summed E-state index contributed by atoms with van der Waals surface area (Å²) in [6.07, 6.45) is -4.76. The molecule has 118 valence electrons. The number of amides is 1. The van der Waals surface area contributed by atoms with E-state index in [2.05, 4.69) is 5.32 Å². The number of benzene rings is 1. The number of anilines is 2. The number of carbonyl (C=O) groups excluding carboxylic acids is 1. The van der Waals surface area contributed by atoms with Crippen LogP contribution in [0.2, 0.25) is 0 Å². The smallest absolute Gasteiger partial charge is 0.326 e. The molecule has 0 aromatic heterocycles. The molecular weight excluding hydrogens is 309 g/mol. The summed E-state index contributed by atoms with van der Waals surface area (Å²) in [6, 6.07) is 2.84. The number of nitrogens with one attached hydrogen (secondary N) is 2. The second-order valence-electron chi connectivity index (χ2n) is 4.64. The fraction of sp³-hybridized carbons (Fsp3) is 0.417. The van der Waals surface area contributed by atoms with Crippen LogP contribution in [0, 0.1) is 0 Å². The molecule has 0 aliphatic carbocycles. The molecule has 9 heteroatoms. The lowest BCUT2D eigenvalue weighted by molar-refractivity contribution is -0.136. The molecule has 21 heavy (non-hydrogen) atoms. The van der Waals surface area contributed by atoms with Gasteiger partial charge in [0, 0.05) is 12.6 Å². The Hall–Kier alpha value is -1.77. The van der Waals surface area contributed by atoms with Crippen molar-refractivity contribution in [2.24, 2.45) is 0 Å². The van der Waals surface area contributed by atoms with E-state index in [-0.39, 0.29) is 5.69 Å². The Morgan fingerprint density at radius 1 is 1.24 bits per heavy atom. The molecule has 0 radical (unpaired) electrons. The van der Waals surface area contributed by atoms with E-state index in [1.807, 2.05) is 4.72 Å². The zero-order valence-electron chi connectivity index (χ0n) is 11.6. The van der Waals surface area contributed by atoms with Crippen LogP contribution in [-0.2, 0) is 21.0 Å². The number of carbonyl (C=O) groups is 1. The van der Waals surface area contributed by atoms with Crippen molar-refractivity contribution >= 4 is 27.3 Å². The molecule has 0 heterocycles. The molecule has 1 aromatic carbocycles. The highest BCUT2D eigenvalue weighted by atomic mass is 32.2. The van der Waals surface area contributed by atoms with Crippen molar-refractivity contribution in [1.29, 1.82) is 0 Å². The molecule has 0 unspecified atom stereocenters. The maximum Gasteiger partial charge on any atom is 0.418 e. The summed E-state index contributed by atoms with van der Waals surface area (Å²) in [5.41, 5.74) is -1.81. The number of halogens is 3. The van der Waals surface area contributed by atoms with Crippen LogP contribution in [0.5, 0.6) is 0 Å². The fourth-order valence-corrected chi connectivity index (χ4v) is 2.14. The van der Waals surface area contributed by atoms with Gasteiger partial charge >= 0.3 is 6.18 Å². The molecule has 0 fully saturated rings. The molecule has 1 rings (SSSR count). The zero-order valence-corrected chi connectivity index (χ0v) is 12.4. The minimum absolute atomic E-state index is 0.0673. The molecule has 0 spiro atoms. The molecular formula is C12H15F3N2O3S. The van der Waals surface area contributed by atoms with Crippen molar-refractivity contribution in [3.05, 3.63) is 23.8 Å². The minimum Gasteiger partial charge on any atom is -0.326 e. The highest BCUT2D eigenvalue weighted by Crippen LogP contribution is 2.37. The molecule has 1 aromatic rings. The second kappa shape index (κ2) is 5.92. The normalized spacial score (nSPS) is 12.3. The van der Waals surface area contributed by atoms with Gasteiger partial charge in [0.25, 0.3) is 0 Å². The van der Waals surface area contributed by atoms with Crippen LogP contribution in [0.3, 0.4) is 0 Å². The van der Waals surface area contributed by atoms with Crippen molar-refractivity contribution in [1.82, 2.24) is 0 Å². The number of rotatable bonds is 4. The SMILES string of the molecule is CC(=O)Nc1ccc(NS(=O)(=O)C(C)C)c(C(F)(F)F)c1. The topological polar surface area (TPSA) is 75.3 Å². The van der Waals surface area contributed by atoms with Gasteiger partial charge in [-0.1, -0.05) is 0 Å². The van der Waals surface area contributed by atoms with Crippen LogP contribution < -0.4 is 10.0 Å². The molecule has 0 bridgehead atoms. The Morgan fingerprint density at radius 3 is 2.24 bits per heavy atom. The van der Waals surface area contributed by atoms with E-state index >= 15 is 0 Å². The Kier molecular flexibility index (Phi) is 4.87. The Balaban J connectivity index is 3.30. The second-order valence-corrected chi connectivity index (χ2v) is 6.87. The lowest BCUT2D eigenvalue weighted by Crippen LogP contribution is -2.24. The van der Waals surface area contributed by atoms with E-state index in [0.29, 0.717) is 6.07 Å². The summed E-state index contributed by atoms with van der Waals surface area (Å²) in [5.74, 6) is -0.529. The third-order valence-corrected chi connectivity index (χ3v) is 4.26. The lowest BCUT2D eigenvalue weighted by Gasteiger charge is -2.17. The van der Waals surface area contributed by atoms with Crippen molar-refractivity contribution < 1.29 is 26.4 Å². The summed E-state index contributed by atoms with van der Waals surface area (Å²) in [6.45, 7) is 3.85. The summed E-state index contributed by atoms with van der Waals surface area (Å²) >= 11 is 0. The van der Waals surface area contributed by atoms with E-state index in [1.54, 1.807) is 0 Å². The first-order valence-electron chi connectivity index (χ1n) is 5.94. The predicted molar refractivity (Wildman–Crippen MR) is 73.4 cm³/mol. The largest absolute Gasteiger partial charge is 0.418 e. The van der Waals surface area contributed by atoms with Crippen LogP contribution in [0.25, 0.3) is 0 Å². The third kappa shape index (κ3) is 4.62. The van der Waals surface area contributed by atoms with E-state index in [9.17, 15) is 26.4 Å². The predicted octanol–water partition coefficient (Wildman–Crippen LogP) is 2.81. The number of sulfonamides is 1. The van der Waals surface area contributed by atoms with Crippen LogP contribution in [-0.4, -0.2) is 19.6 Å². The number of hydrogen-bond acceptors (Lipinski definition) is 3. The van der Waals surface area contributed by atoms with E-state index in [4.69, 9.17) is 0 Å². The van der Waals surface area contributed by atoms with E-state index < -0.39 is 38.6 Å². The quantitative estimate of drug-likeness (QED) is 0.894. The zero-order chi connectivity index (χ0) is 16.4. The minimum atomic E-state index is -4.76. The van der Waals surface area contributed by atoms with Gasteiger partial charge in [0.05, 0.1) is 16.5 Å². The summed E-state index contributed by atoms with van der Waals surface area (Å²) in [4.78, 5) is 10.9. The Labute approximate surface area is 120 Å². The molecule has 5 nitrogen and oxygen atoms in total. The average Bonchev–Trinajstić information content (AvgIpc) is 2.28. The maximum absolute atomic E-state index is 13.0. The maximum atomic E-state index is 13.0. The molecule has 0 atom stereocenters. The van der Waals surface area contributed by atoms with Gasteiger partial charge in [0.15, 0.2) is 0 Å². The first-order valence-corrected chi connectivity index (χ1v) is 7.48.